The van der Waals surface area contributed by atoms with Gasteiger partial charge in [-0.25, -0.2) is 4.98 Å². The van der Waals surface area contributed by atoms with Crippen LogP contribution < -0.4 is 0 Å². The predicted octanol–water partition coefficient (Wildman–Crippen LogP) is 3.93. The summed E-state index contributed by atoms with van der Waals surface area (Å²) in [5, 5.41) is 1.16. The van der Waals surface area contributed by atoms with Gasteiger partial charge in [0, 0.05) is 18.5 Å². The number of hydrogen-bond donors (Lipinski definition) is 0. The van der Waals surface area contributed by atoms with Crippen LogP contribution in [0.25, 0.3) is 10.9 Å². The van der Waals surface area contributed by atoms with E-state index in [1.165, 1.54) is 0 Å². The molecule has 1 amide bonds. The number of halogens is 1. The van der Waals surface area contributed by atoms with Crippen molar-refractivity contribution in [3.8, 4) is 0 Å². The topological polar surface area (TPSA) is 33.2 Å². The van der Waals surface area contributed by atoms with Crippen LogP contribution in [0.5, 0.6) is 0 Å². The molecular formula is C16H17ClN2O. The van der Waals surface area contributed by atoms with Crippen LogP contribution in [0.1, 0.15) is 23.7 Å². The van der Waals surface area contributed by atoms with Gasteiger partial charge in [0.2, 0.25) is 0 Å². The number of hydrogen-bond acceptors (Lipinski definition) is 2. The maximum atomic E-state index is 12.7. The van der Waals surface area contributed by atoms with Crippen molar-refractivity contribution in [2.75, 3.05) is 13.1 Å². The Bertz CT molecular complexity index is 639. The molecule has 0 fully saturated rings. The normalized spacial score (nSPS) is 10.5. The molecule has 1 aromatic heterocycles. The number of carbonyl (C=O) groups excluding carboxylic acids is 1. The Morgan fingerprint density at radius 2 is 2.20 bits per heavy atom. The highest BCUT2D eigenvalue weighted by Crippen LogP contribution is 2.22. The van der Waals surface area contributed by atoms with E-state index in [1.807, 2.05) is 31.2 Å². The van der Waals surface area contributed by atoms with E-state index in [4.69, 9.17) is 11.6 Å². The summed E-state index contributed by atoms with van der Waals surface area (Å²) in [5.41, 5.74) is 1.33. The summed E-state index contributed by atoms with van der Waals surface area (Å²) in [6, 6.07) is 9.16. The Hall–Kier alpha value is -1.87. The van der Waals surface area contributed by atoms with E-state index >= 15 is 0 Å². The molecule has 0 unspecified atom stereocenters. The third-order valence-corrected chi connectivity index (χ3v) is 3.24. The lowest BCUT2D eigenvalue weighted by atomic mass is 10.1. The van der Waals surface area contributed by atoms with Gasteiger partial charge in [-0.1, -0.05) is 42.8 Å². The van der Waals surface area contributed by atoms with E-state index in [1.54, 1.807) is 17.0 Å². The van der Waals surface area contributed by atoms with Crippen molar-refractivity contribution in [1.82, 2.24) is 9.88 Å². The number of rotatable bonds is 5. The molecule has 0 spiro atoms. The third-order valence-electron chi connectivity index (χ3n) is 3.05. The minimum absolute atomic E-state index is 0.0350. The average molecular weight is 289 g/mol. The number of fused-ring (bicyclic) bond motifs is 1. The molecule has 4 heteroatoms. The molecule has 0 saturated heterocycles. The minimum atomic E-state index is -0.0350. The molecule has 3 nitrogen and oxygen atoms in total. The first kappa shape index (κ1) is 14.5. The van der Waals surface area contributed by atoms with Crippen molar-refractivity contribution >= 4 is 28.4 Å². The van der Waals surface area contributed by atoms with Gasteiger partial charge in [0.25, 0.3) is 5.91 Å². The molecule has 0 radical (unpaired) electrons. The molecule has 0 atom stereocenters. The van der Waals surface area contributed by atoms with Gasteiger partial charge in [-0.15, -0.1) is 6.58 Å². The van der Waals surface area contributed by atoms with Gasteiger partial charge < -0.3 is 4.90 Å². The molecule has 1 heterocycles. The van der Waals surface area contributed by atoms with Gasteiger partial charge in [0.05, 0.1) is 11.1 Å². The second kappa shape index (κ2) is 6.53. The molecule has 0 aliphatic heterocycles. The molecule has 0 N–H and O–H groups in total. The van der Waals surface area contributed by atoms with E-state index in [2.05, 4.69) is 11.6 Å². The van der Waals surface area contributed by atoms with Crippen molar-refractivity contribution in [3.05, 3.63) is 53.7 Å². The number of aromatic nitrogens is 1. The quantitative estimate of drug-likeness (QED) is 0.617. The van der Waals surface area contributed by atoms with Crippen molar-refractivity contribution in [2.24, 2.45) is 0 Å². The number of nitrogens with zero attached hydrogens (tertiary/aromatic N) is 2. The summed E-state index contributed by atoms with van der Waals surface area (Å²) < 4.78 is 0. The summed E-state index contributed by atoms with van der Waals surface area (Å²) in [6.07, 6.45) is 2.63. The molecule has 0 aliphatic rings. The molecule has 104 valence electrons. The number of pyridine rings is 1. The van der Waals surface area contributed by atoms with Crippen molar-refractivity contribution in [1.29, 1.82) is 0 Å². The predicted molar refractivity (Wildman–Crippen MR) is 83.1 cm³/mol. The van der Waals surface area contributed by atoms with Gasteiger partial charge in [-0.05, 0) is 18.6 Å². The van der Waals surface area contributed by atoms with Crippen LogP contribution in [0.2, 0.25) is 5.15 Å². The Balaban J connectivity index is 2.50. The summed E-state index contributed by atoms with van der Waals surface area (Å²) in [5.74, 6) is -0.0350. The van der Waals surface area contributed by atoms with E-state index < -0.39 is 0 Å². The standard InChI is InChI=1S/C16H17ClN2O/c1-3-9-19(10-4-2)16(20)13-11-15(17)18-14-8-6-5-7-12(13)14/h3,5-8,11H,1,4,9-10H2,2H3. The molecule has 2 rings (SSSR count). The van der Waals surface area contributed by atoms with Crippen LogP contribution in [0.4, 0.5) is 0 Å². The third kappa shape index (κ3) is 2.99. The van der Waals surface area contributed by atoms with E-state index in [0.717, 1.165) is 17.3 Å². The van der Waals surface area contributed by atoms with Crippen LogP contribution >= 0.6 is 11.6 Å². The second-order valence-corrected chi connectivity index (χ2v) is 4.94. The van der Waals surface area contributed by atoms with Crippen molar-refractivity contribution < 1.29 is 4.79 Å². The lowest BCUT2D eigenvalue weighted by molar-refractivity contribution is 0.0776. The van der Waals surface area contributed by atoms with Crippen LogP contribution in [0.3, 0.4) is 0 Å². The highest BCUT2D eigenvalue weighted by atomic mass is 35.5. The first-order chi connectivity index (χ1) is 9.67. The van der Waals surface area contributed by atoms with Crippen LogP contribution in [-0.4, -0.2) is 28.9 Å². The van der Waals surface area contributed by atoms with Gasteiger partial charge in [0.1, 0.15) is 5.15 Å². The fraction of sp³-hybridized carbons (Fsp3) is 0.250. The monoisotopic (exact) mass is 288 g/mol. The summed E-state index contributed by atoms with van der Waals surface area (Å²) >= 11 is 6.02. The maximum absolute atomic E-state index is 12.7. The molecule has 0 aliphatic carbocycles. The summed E-state index contributed by atoms with van der Waals surface area (Å²) in [4.78, 5) is 18.7. The van der Waals surface area contributed by atoms with Crippen molar-refractivity contribution in [3.63, 3.8) is 0 Å². The first-order valence-corrected chi connectivity index (χ1v) is 7.00. The molecular weight excluding hydrogens is 272 g/mol. The molecule has 2 aromatic rings. The Labute approximate surface area is 123 Å². The maximum Gasteiger partial charge on any atom is 0.254 e. The van der Waals surface area contributed by atoms with E-state index in [9.17, 15) is 4.79 Å². The van der Waals surface area contributed by atoms with Crippen LogP contribution in [-0.2, 0) is 0 Å². The second-order valence-electron chi connectivity index (χ2n) is 4.55. The number of benzene rings is 1. The van der Waals surface area contributed by atoms with Gasteiger partial charge in [-0.2, -0.15) is 0 Å². The smallest absolute Gasteiger partial charge is 0.254 e. The highest BCUT2D eigenvalue weighted by molar-refractivity contribution is 6.30. The zero-order valence-electron chi connectivity index (χ0n) is 11.5. The summed E-state index contributed by atoms with van der Waals surface area (Å²) in [7, 11) is 0. The molecule has 0 saturated carbocycles. The summed E-state index contributed by atoms with van der Waals surface area (Å²) in [6.45, 7) is 6.97. The number of amides is 1. The largest absolute Gasteiger partial charge is 0.335 e. The molecule has 0 bridgehead atoms. The zero-order chi connectivity index (χ0) is 14.5. The highest BCUT2D eigenvalue weighted by Gasteiger charge is 2.17. The first-order valence-electron chi connectivity index (χ1n) is 6.62. The van der Waals surface area contributed by atoms with Gasteiger partial charge in [-0.3, -0.25) is 4.79 Å². The Kier molecular flexibility index (Phi) is 4.74. The molecule has 1 aromatic carbocycles. The fourth-order valence-corrected chi connectivity index (χ4v) is 2.39. The Morgan fingerprint density at radius 3 is 2.90 bits per heavy atom. The van der Waals surface area contributed by atoms with Crippen LogP contribution in [0, 0.1) is 0 Å². The van der Waals surface area contributed by atoms with Gasteiger partial charge >= 0.3 is 0 Å². The van der Waals surface area contributed by atoms with Gasteiger partial charge in [0.15, 0.2) is 0 Å². The number of carbonyl (C=O) groups is 1. The zero-order valence-corrected chi connectivity index (χ0v) is 12.2. The molecule has 20 heavy (non-hydrogen) atoms. The van der Waals surface area contributed by atoms with E-state index in [0.29, 0.717) is 23.8 Å². The van der Waals surface area contributed by atoms with Crippen molar-refractivity contribution in [2.45, 2.75) is 13.3 Å². The van der Waals surface area contributed by atoms with Crippen LogP contribution in [0.15, 0.2) is 43.0 Å². The minimum Gasteiger partial charge on any atom is -0.335 e. The lowest BCUT2D eigenvalue weighted by Crippen LogP contribution is -2.32. The van der Waals surface area contributed by atoms with E-state index in [-0.39, 0.29) is 5.91 Å². The lowest BCUT2D eigenvalue weighted by Gasteiger charge is -2.21. The number of para-hydroxylation sites is 1. The SMILES string of the molecule is C=CCN(CCC)C(=O)c1cc(Cl)nc2ccccc12. The Morgan fingerprint density at radius 1 is 1.45 bits per heavy atom. The average Bonchev–Trinajstić information content (AvgIpc) is 2.45. The fourth-order valence-electron chi connectivity index (χ4n) is 2.19.